The van der Waals surface area contributed by atoms with Gasteiger partial charge in [0.05, 0.1) is 0 Å². The Kier molecular flexibility index (Phi) is 6.21. The van der Waals surface area contributed by atoms with E-state index >= 15 is 0 Å². The largest absolute Gasteiger partial charge is 0.328 e. The van der Waals surface area contributed by atoms with Crippen LogP contribution in [0.1, 0.15) is 51.4 Å². The van der Waals surface area contributed by atoms with Crippen LogP contribution in [0.4, 0.5) is 0 Å². The van der Waals surface area contributed by atoms with Gasteiger partial charge in [-0.3, -0.25) is 0 Å². The molecule has 2 heteroatoms. The first kappa shape index (κ1) is 11.0. The smallest absolute Gasteiger partial charge is 0.00393 e. The third kappa shape index (κ3) is 6.05. The Hall–Kier alpha value is -0.0800. The van der Waals surface area contributed by atoms with Crippen LogP contribution in [0.15, 0.2) is 0 Å². The molecular weight excluding hydrogens is 160 g/mol. The number of nitrogens with one attached hydrogen (secondary N) is 1. The van der Waals surface area contributed by atoms with Gasteiger partial charge in [-0.1, -0.05) is 25.7 Å². The summed E-state index contributed by atoms with van der Waals surface area (Å²) < 4.78 is 0. The Labute approximate surface area is 82.3 Å². The zero-order valence-corrected chi connectivity index (χ0v) is 8.73. The number of hydrogen-bond acceptors (Lipinski definition) is 2. The van der Waals surface area contributed by atoms with Crippen molar-refractivity contribution in [3.05, 3.63) is 0 Å². The van der Waals surface area contributed by atoms with E-state index in [0.29, 0.717) is 6.04 Å². The number of rotatable bonds is 0. The normalized spacial score (nSPS) is 28.8. The van der Waals surface area contributed by atoms with Crippen molar-refractivity contribution in [1.82, 2.24) is 5.32 Å². The first-order valence-corrected chi connectivity index (χ1v) is 5.86. The average molecular weight is 184 g/mol. The van der Waals surface area contributed by atoms with E-state index in [0.717, 1.165) is 6.54 Å². The van der Waals surface area contributed by atoms with Gasteiger partial charge in [0.1, 0.15) is 0 Å². The molecule has 13 heavy (non-hydrogen) atoms. The molecule has 1 saturated heterocycles. The maximum absolute atomic E-state index is 5.99. The quantitative estimate of drug-likeness (QED) is 0.604. The predicted molar refractivity (Wildman–Crippen MR) is 57.8 cm³/mol. The summed E-state index contributed by atoms with van der Waals surface area (Å²) in [4.78, 5) is 0. The van der Waals surface area contributed by atoms with Gasteiger partial charge < -0.3 is 11.1 Å². The maximum Gasteiger partial charge on any atom is 0.00393 e. The average Bonchev–Trinajstić information content (AvgIpc) is 2.11. The molecule has 0 aromatic heterocycles. The van der Waals surface area contributed by atoms with Crippen LogP contribution in [0, 0.1) is 0 Å². The molecule has 1 atom stereocenters. The Morgan fingerprint density at radius 3 is 2.31 bits per heavy atom. The molecule has 1 aliphatic heterocycles. The van der Waals surface area contributed by atoms with E-state index in [1.807, 2.05) is 0 Å². The molecule has 0 spiro atoms. The van der Waals surface area contributed by atoms with Gasteiger partial charge in [0.2, 0.25) is 0 Å². The molecule has 1 unspecified atom stereocenters. The lowest BCUT2D eigenvalue weighted by molar-refractivity contribution is 0.472. The van der Waals surface area contributed by atoms with Crippen molar-refractivity contribution in [1.29, 1.82) is 0 Å². The molecule has 0 radical (unpaired) electrons. The molecule has 0 bridgehead atoms. The molecule has 2 nitrogen and oxygen atoms in total. The zero-order chi connectivity index (χ0) is 9.36. The predicted octanol–water partition coefficient (Wildman–Crippen LogP) is 2.04. The lowest BCUT2D eigenvalue weighted by atomic mass is 10.0. The van der Waals surface area contributed by atoms with Crippen molar-refractivity contribution >= 4 is 0 Å². The van der Waals surface area contributed by atoms with Crippen LogP contribution in [0.5, 0.6) is 0 Å². The molecule has 1 fully saturated rings. The SMILES string of the molecule is NC1CCCCCCCNCCC1. The highest BCUT2D eigenvalue weighted by Crippen LogP contribution is 2.09. The van der Waals surface area contributed by atoms with Crippen LogP contribution < -0.4 is 11.1 Å². The van der Waals surface area contributed by atoms with Crippen LogP contribution in [0.2, 0.25) is 0 Å². The van der Waals surface area contributed by atoms with Gasteiger partial charge in [-0.25, -0.2) is 0 Å². The van der Waals surface area contributed by atoms with Gasteiger partial charge in [0.25, 0.3) is 0 Å². The minimum absolute atomic E-state index is 0.459. The van der Waals surface area contributed by atoms with Crippen molar-refractivity contribution in [2.75, 3.05) is 13.1 Å². The summed E-state index contributed by atoms with van der Waals surface area (Å²) in [6.07, 6.45) is 10.6. The minimum atomic E-state index is 0.459. The van der Waals surface area contributed by atoms with Gasteiger partial charge in [-0.15, -0.1) is 0 Å². The summed E-state index contributed by atoms with van der Waals surface area (Å²) in [5, 5.41) is 3.47. The second-order valence-corrected chi connectivity index (χ2v) is 4.21. The Bertz CT molecular complexity index is 103. The van der Waals surface area contributed by atoms with Crippen LogP contribution in [0.25, 0.3) is 0 Å². The van der Waals surface area contributed by atoms with Crippen molar-refractivity contribution < 1.29 is 0 Å². The van der Waals surface area contributed by atoms with Crippen LogP contribution in [-0.4, -0.2) is 19.1 Å². The van der Waals surface area contributed by atoms with Crippen LogP contribution in [0.3, 0.4) is 0 Å². The lowest BCUT2D eigenvalue weighted by Crippen LogP contribution is -2.23. The van der Waals surface area contributed by atoms with Crippen molar-refractivity contribution in [2.24, 2.45) is 5.73 Å². The molecule has 0 amide bonds. The standard InChI is InChI=1S/C11H24N2/c12-11-7-4-2-1-3-5-9-13-10-6-8-11/h11,13H,1-10,12H2. The second-order valence-electron chi connectivity index (χ2n) is 4.21. The van der Waals surface area contributed by atoms with Gasteiger partial charge in [-0.2, -0.15) is 0 Å². The number of hydrogen-bond donors (Lipinski definition) is 2. The highest BCUT2D eigenvalue weighted by molar-refractivity contribution is 4.63. The lowest BCUT2D eigenvalue weighted by Gasteiger charge is -2.13. The molecule has 3 N–H and O–H groups in total. The minimum Gasteiger partial charge on any atom is -0.328 e. The van der Waals surface area contributed by atoms with Crippen molar-refractivity contribution in [3.63, 3.8) is 0 Å². The summed E-state index contributed by atoms with van der Waals surface area (Å²) in [7, 11) is 0. The molecule has 1 aliphatic rings. The summed E-state index contributed by atoms with van der Waals surface area (Å²) in [5.74, 6) is 0. The summed E-state index contributed by atoms with van der Waals surface area (Å²) in [6.45, 7) is 2.36. The maximum atomic E-state index is 5.99. The zero-order valence-electron chi connectivity index (χ0n) is 8.73. The fourth-order valence-electron chi connectivity index (χ4n) is 1.95. The number of nitrogens with two attached hydrogens (primary N) is 1. The van der Waals surface area contributed by atoms with E-state index in [4.69, 9.17) is 5.73 Å². The molecule has 78 valence electrons. The first-order valence-electron chi connectivity index (χ1n) is 5.86. The molecule has 1 rings (SSSR count). The van der Waals surface area contributed by atoms with E-state index in [2.05, 4.69) is 5.32 Å². The molecular formula is C11H24N2. The van der Waals surface area contributed by atoms with Gasteiger partial charge in [0.15, 0.2) is 0 Å². The Morgan fingerprint density at radius 2 is 1.38 bits per heavy atom. The summed E-state index contributed by atoms with van der Waals surface area (Å²) in [6, 6.07) is 0.459. The van der Waals surface area contributed by atoms with E-state index in [9.17, 15) is 0 Å². The molecule has 0 aromatic carbocycles. The molecule has 0 saturated carbocycles. The van der Waals surface area contributed by atoms with E-state index in [1.165, 1.54) is 57.9 Å². The van der Waals surface area contributed by atoms with E-state index in [1.54, 1.807) is 0 Å². The van der Waals surface area contributed by atoms with Crippen LogP contribution >= 0.6 is 0 Å². The monoisotopic (exact) mass is 184 g/mol. The molecule has 0 aromatic rings. The Morgan fingerprint density at radius 1 is 0.769 bits per heavy atom. The summed E-state index contributed by atoms with van der Waals surface area (Å²) in [5.41, 5.74) is 5.99. The van der Waals surface area contributed by atoms with Crippen LogP contribution in [-0.2, 0) is 0 Å². The second kappa shape index (κ2) is 7.34. The highest BCUT2D eigenvalue weighted by Gasteiger charge is 2.02. The fraction of sp³-hybridized carbons (Fsp3) is 1.00. The third-order valence-corrected chi connectivity index (χ3v) is 2.86. The highest BCUT2D eigenvalue weighted by atomic mass is 14.8. The van der Waals surface area contributed by atoms with Crippen molar-refractivity contribution in [3.8, 4) is 0 Å². The molecule has 0 aliphatic carbocycles. The fourth-order valence-corrected chi connectivity index (χ4v) is 1.95. The Balaban J connectivity index is 2.11. The van der Waals surface area contributed by atoms with E-state index < -0.39 is 0 Å². The first-order chi connectivity index (χ1) is 6.39. The third-order valence-electron chi connectivity index (χ3n) is 2.86. The summed E-state index contributed by atoms with van der Waals surface area (Å²) >= 11 is 0. The van der Waals surface area contributed by atoms with Gasteiger partial charge in [-0.05, 0) is 38.8 Å². The topological polar surface area (TPSA) is 38.0 Å². The molecule has 1 heterocycles. The van der Waals surface area contributed by atoms with E-state index in [-0.39, 0.29) is 0 Å². The van der Waals surface area contributed by atoms with Crippen molar-refractivity contribution in [2.45, 2.75) is 57.4 Å². The van der Waals surface area contributed by atoms with Gasteiger partial charge in [0, 0.05) is 6.04 Å². The van der Waals surface area contributed by atoms with Gasteiger partial charge >= 0.3 is 0 Å².